The Morgan fingerprint density at radius 1 is 1.39 bits per heavy atom. The molecule has 1 aliphatic rings. The number of carbonyl (C=O) groups excluding carboxylic acids is 1. The maximum Gasteiger partial charge on any atom is 0.216 e. The van der Waals surface area contributed by atoms with Crippen molar-refractivity contribution in [1.29, 1.82) is 0 Å². The minimum absolute atomic E-state index is 0.0304. The number of hydrogen-bond acceptors (Lipinski definition) is 3. The van der Waals surface area contributed by atoms with Crippen LogP contribution in [0.15, 0.2) is 0 Å². The van der Waals surface area contributed by atoms with Crippen LogP contribution in [-0.4, -0.2) is 37.7 Å². The molecule has 1 aliphatic carbocycles. The third kappa shape index (κ3) is 4.25. The predicted molar refractivity (Wildman–Crippen MR) is 73.5 cm³/mol. The molecule has 0 spiro atoms. The van der Waals surface area contributed by atoms with Crippen molar-refractivity contribution in [2.24, 2.45) is 11.3 Å². The van der Waals surface area contributed by atoms with Gasteiger partial charge in [-0.2, -0.15) is 0 Å². The van der Waals surface area contributed by atoms with Crippen LogP contribution in [0.3, 0.4) is 0 Å². The van der Waals surface area contributed by atoms with Gasteiger partial charge in [0.2, 0.25) is 5.91 Å². The van der Waals surface area contributed by atoms with Crippen molar-refractivity contribution >= 4 is 5.91 Å². The molecule has 0 saturated heterocycles. The molecule has 0 bridgehead atoms. The Hall–Kier alpha value is -0.610. The molecule has 0 aliphatic heterocycles. The normalized spacial score (nSPS) is 25.9. The molecule has 1 rings (SSSR count). The number of ether oxygens (including phenoxy) is 1. The van der Waals surface area contributed by atoms with E-state index in [4.69, 9.17) is 4.74 Å². The summed E-state index contributed by atoms with van der Waals surface area (Å²) in [5, 5.41) is 6.28. The van der Waals surface area contributed by atoms with Crippen LogP contribution < -0.4 is 10.6 Å². The molecular weight excluding hydrogens is 228 g/mol. The second-order valence-electron chi connectivity index (χ2n) is 6.26. The van der Waals surface area contributed by atoms with Crippen LogP contribution in [0.25, 0.3) is 0 Å². The average Bonchev–Trinajstić information content (AvgIpc) is 2.25. The SMILES string of the molecule is CC(=O)NCCNC1CC(OCC(C)C)C1(C)C. The first kappa shape index (κ1) is 15.4. The third-order valence-corrected chi connectivity index (χ3v) is 3.70. The van der Waals surface area contributed by atoms with Crippen LogP contribution >= 0.6 is 0 Å². The molecule has 0 heterocycles. The number of hydrogen-bond donors (Lipinski definition) is 2. The van der Waals surface area contributed by atoms with Gasteiger partial charge in [-0.25, -0.2) is 0 Å². The molecule has 2 N–H and O–H groups in total. The lowest BCUT2D eigenvalue weighted by molar-refractivity contribution is -0.124. The van der Waals surface area contributed by atoms with Crippen LogP contribution in [0.2, 0.25) is 0 Å². The van der Waals surface area contributed by atoms with Gasteiger partial charge in [-0.05, 0) is 12.3 Å². The van der Waals surface area contributed by atoms with Crippen molar-refractivity contribution in [3.05, 3.63) is 0 Å². The van der Waals surface area contributed by atoms with Gasteiger partial charge >= 0.3 is 0 Å². The van der Waals surface area contributed by atoms with Gasteiger partial charge in [-0.3, -0.25) is 4.79 Å². The summed E-state index contributed by atoms with van der Waals surface area (Å²) >= 11 is 0. The Labute approximate surface area is 111 Å². The molecule has 4 nitrogen and oxygen atoms in total. The van der Waals surface area contributed by atoms with E-state index < -0.39 is 0 Å². The smallest absolute Gasteiger partial charge is 0.216 e. The lowest BCUT2D eigenvalue weighted by atomic mass is 9.64. The van der Waals surface area contributed by atoms with Gasteiger partial charge in [0, 0.05) is 38.1 Å². The standard InChI is InChI=1S/C14H28N2O2/c1-10(2)9-18-13-8-12(14(13,4)5)16-7-6-15-11(3)17/h10,12-13,16H,6-9H2,1-5H3,(H,15,17). The summed E-state index contributed by atoms with van der Waals surface area (Å²) in [5.74, 6) is 0.621. The summed E-state index contributed by atoms with van der Waals surface area (Å²) in [5.41, 5.74) is 0.186. The second-order valence-corrected chi connectivity index (χ2v) is 6.26. The van der Waals surface area contributed by atoms with Crippen LogP contribution in [0.4, 0.5) is 0 Å². The first-order valence-corrected chi connectivity index (χ1v) is 6.93. The zero-order valence-corrected chi connectivity index (χ0v) is 12.4. The molecule has 2 atom stereocenters. The molecule has 1 saturated carbocycles. The van der Waals surface area contributed by atoms with E-state index >= 15 is 0 Å². The summed E-state index contributed by atoms with van der Waals surface area (Å²) in [4.78, 5) is 10.7. The quantitative estimate of drug-likeness (QED) is 0.680. The van der Waals surface area contributed by atoms with E-state index in [0.29, 0.717) is 24.6 Å². The van der Waals surface area contributed by atoms with E-state index in [9.17, 15) is 4.79 Å². The van der Waals surface area contributed by atoms with E-state index in [1.807, 2.05) is 0 Å². The number of nitrogens with one attached hydrogen (secondary N) is 2. The molecule has 18 heavy (non-hydrogen) atoms. The van der Waals surface area contributed by atoms with Crippen molar-refractivity contribution in [3.63, 3.8) is 0 Å². The molecule has 0 aromatic rings. The molecule has 0 aromatic carbocycles. The lowest BCUT2D eigenvalue weighted by Crippen LogP contribution is -2.61. The minimum Gasteiger partial charge on any atom is -0.377 e. The van der Waals surface area contributed by atoms with Crippen molar-refractivity contribution in [1.82, 2.24) is 10.6 Å². The van der Waals surface area contributed by atoms with Gasteiger partial charge in [-0.1, -0.05) is 27.7 Å². The number of rotatable bonds is 7. The Morgan fingerprint density at radius 3 is 2.56 bits per heavy atom. The molecule has 106 valence electrons. The van der Waals surface area contributed by atoms with Crippen molar-refractivity contribution < 1.29 is 9.53 Å². The molecule has 0 aromatic heterocycles. The second kappa shape index (κ2) is 6.53. The lowest BCUT2D eigenvalue weighted by Gasteiger charge is -2.52. The number of amides is 1. The average molecular weight is 256 g/mol. The number of carbonyl (C=O) groups is 1. The highest BCUT2D eigenvalue weighted by molar-refractivity contribution is 5.72. The summed E-state index contributed by atoms with van der Waals surface area (Å²) < 4.78 is 5.92. The summed E-state index contributed by atoms with van der Waals surface area (Å²) in [6.07, 6.45) is 1.43. The fraction of sp³-hybridized carbons (Fsp3) is 0.929. The fourth-order valence-electron chi connectivity index (χ4n) is 2.31. The summed E-state index contributed by atoms with van der Waals surface area (Å²) in [6.45, 7) is 12.7. The third-order valence-electron chi connectivity index (χ3n) is 3.70. The van der Waals surface area contributed by atoms with Gasteiger partial charge in [0.05, 0.1) is 6.10 Å². The van der Waals surface area contributed by atoms with Crippen LogP contribution in [0, 0.1) is 11.3 Å². The highest BCUT2D eigenvalue weighted by Gasteiger charge is 2.48. The Balaban J connectivity index is 2.20. The van der Waals surface area contributed by atoms with E-state index in [1.54, 1.807) is 6.92 Å². The van der Waals surface area contributed by atoms with Gasteiger partial charge in [0.1, 0.15) is 0 Å². The van der Waals surface area contributed by atoms with Crippen molar-refractivity contribution in [2.75, 3.05) is 19.7 Å². The van der Waals surface area contributed by atoms with Crippen molar-refractivity contribution in [2.45, 2.75) is 53.2 Å². The Kier molecular flexibility index (Phi) is 5.60. The topological polar surface area (TPSA) is 50.4 Å². The first-order valence-electron chi connectivity index (χ1n) is 6.93. The Morgan fingerprint density at radius 2 is 2.06 bits per heavy atom. The monoisotopic (exact) mass is 256 g/mol. The van der Waals surface area contributed by atoms with E-state index in [2.05, 4.69) is 38.3 Å². The van der Waals surface area contributed by atoms with Gasteiger partial charge < -0.3 is 15.4 Å². The molecule has 1 fully saturated rings. The maximum atomic E-state index is 10.7. The van der Waals surface area contributed by atoms with Gasteiger partial charge in [0.15, 0.2) is 0 Å². The maximum absolute atomic E-state index is 10.7. The van der Waals surface area contributed by atoms with Crippen LogP contribution in [0.5, 0.6) is 0 Å². The Bertz CT molecular complexity index is 277. The molecule has 2 unspecified atom stereocenters. The largest absolute Gasteiger partial charge is 0.377 e. The first-order chi connectivity index (χ1) is 8.34. The van der Waals surface area contributed by atoms with E-state index in [-0.39, 0.29) is 11.3 Å². The highest BCUT2D eigenvalue weighted by atomic mass is 16.5. The van der Waals surface area contributed by atoms with Crippen LogP contribution in [0.1, 0.15) is 41.0 Å². The predicted octanol–water partition coefficient (Wildman–Crippen LogP) is 1.55. The molecule has 1 amide bonds. The summed E-state index contributed by atoms with van der Waals surface area (Å²) in [6, 6.07) is 0.489. The zero-order chi connectivity index (χ0) is 13.8. The van der Waals surface area contributed by atoms with E-state index in [1.165, 1.54) is 0 Å². The highest BCUT2D eigenvalue weighted by Crippen LogP contribution is 2.42. The minimum atomic E-state index is 0.0304. The molecule has 4 heteroatoms. The summed E-state index contributed by atoms with van der Waals surface area (Å²) in [7, 11) is 0. The zero-order valence-electron chi connectivity index (χ0n) is 12.4. The van der Waals surface area contributed by atoms with Gasteiger partial charge in [-0.15, -0.1) is 0 Å². The fourth-order valence-corrected chi connectivity index (χ4v) is 2.31. The molecule has 0 radical (unpaired) electrons. The van der Waals surface area contributed by atoms with Gasteiger partial charge in [0.25, 0.3) is 0 Å². The van der Waals surface area contributed by atoms with Crippen LogP contribution in [-0.2, 0) is 9.53 Å². The molecular formula is C14H28N2O2. The van der Waals surface area contributed by atoms with Crippen molar-refractivity contribution in [3.8, 4) is 0 Å². The van der Waals surface area contributed by atoms with E-state index in [0.717, 1.165) is 19.6 Å².